The van der Waals surface area contributed by atoms with E-state index in [0.717, 1.165) is 58.3 Å². The second kappa shape index (κ2) is 14.7. The number of rotatable bonds is 12. The molecular weight excluding hydrogens is 601 g/mol. The maximum absolute atomic E-state index is 15.3. The van der Waals surface area contributed by atoms with Gasteiger partial charge in [0, 0.05) is 19.0 Å². The van der Waals surface area contributed by atoms with Gasteiger partial charge >= 0.3 is 0 Å². The standard InChI is InChI=1S/C37H40FN3O4S/c1-27-16-20-30(21-17-27)25-40(35(24-29-10-4-3-5-11-29)37(43)39-31-12-6-7-13-31)36(42)26-41(34-15-9-8-14-33(34)38)46(44,45)32-22-18-28(2)19-23-32/h3-5,8-11,14-23,31,35H,6-7,12-13,24-26H2,1-2H3,(H,39,43). The Morgan fingerprint density at radius 3 is 2.02 bits per heavy atom. The Labute approximate surface area is 271 Å². The molecule has 0 heterocycles. The Morgan fingerprint density at radius 2 is 1.39 bits per heavy atom. The van der Waals surface area contributed by atoms with E-state index in [2.05, 4.69) is 5.32 Å². The average Bonchev–Trinajstić information content (AvgIpc) is 3.56. The first-order valence-electron chi connectivity index (χ1n) is 15.6. The van der Waals surface area contributed by atoms with Gasteiger partial charge in [0.2, 0.25) is 11.8 Å². The number of amides is 2. The zero-order valence-electron chi connectivity index (χ0n) is 26.2. The van der Waals surface area contributed by atoms with Gasteiger partial charge in [-0.3, -0.25) is 13.9 Å². The predicted molar refractivity (Wildman–Crippen MR) is 178 cm³/mol. The second-order valence-electron chi connectivity index (χ2n) is 12.0. The van der Waals surface area contributed by atoms with Crippen LogP contribution in [0.15, 0.2) is 108 Å². The third kappa shape index (κ3) is 8.01. The van der Waals surface area contributed by atoms with Crippen molar-refractivity contribution in [1.29, 1.82) is 0 Å². The van der Waals surface area contributed by atoms with Gasteiger partial charge in [0.25, 0.3) is 10.0 Å². The molecule has 4 aromatic carbocycles. The summed E-state index contributed by atoms with van der Waals surface area (Å²) < 4.78 is 44.3. The van der Waals surface area contributed by atoms with Gasteiger partial charge in [-0.25, -0.2) is 12.8 Å². The Bertz CT molecular complexity index is 1740. The lowest BCUT2D eigenvalue weighted by atomic mass is 10.0. The van der Waals surface area contributed by atoms with Gasteiger partial charge in [-0.1, -0.05) is 103 Å². The molecule has 0 bridgehead atoms. The Kier molecular flexibility index (Phi) is 10.5. The number of nitrogens with one attached hydrogen (secondary N) is 1. The summed E-state index contributed by atoms with van der Waals surface area (Å²) in [5, 5.41) is 3.16. The quantitative estimate of drug-likeness (QED) is 0.196. The van der Waals surface area contributed by atoms with Gasteiger partial charge in [-0.05, 0) is 62.1 Å². The second-order valence-corrected chi connectivity index (χ2v) is 13.8. The molecule has 1 unspecified atom stereocenters. The number of carbonyl (C=O) groups is 2. The van der Waals surface area contributed by atoms with E-state index in [1.807, 2.05) is 68.4 Å². The molecule has 0 aliphatic heterocycles. The highest BCUT2D eigenvalue weighted by Gasteiger charge is 2.36. The van der Waals surface area contributed by atoms with Gasteiger partial charge in [-0.15, -0.1) is 0 Å². The van der Waals surface area contributed by atoms with Crippen LogP contribution in [0.2, 0.25) is 0 Å². The Hall–Kier alpha value is -4.50. The fraction of sp³-hybridized carbons (Fsp3) is 0.297. The lowest BCUT2D eigenvalue weighted by molar-refractivity contribution is -0.140. The summed E-state index contributed by atoms with van der Waals surface area (Å²) in [7, 11) is -4.38. The van der Waals surface area contributed by atoms with Gasteiger partial charge in [0.15, 0.2) is 0 Å². The smallest absolute Gasteiger partial charge is 0.264 e. The SMILES string of the molecule is Cc1ccc(CN(C(=O)CN(c2ccccc2F)S(=O)(=O)c2ccc(C)cc2)C(Cc2ccccc2)C(=O)NC2CCCC2)cc1. The third-order valence-electron chi connectivity index (χ3n) is 8.46. The number of aryl methyl sites for hydroxylation is 2. The number of nitrogens with zero attached hydrogens (tertiary/aromatic N) is 2. The molecule has 1 saturated carbocycles. The van der Waals surface area contributed by atoms with Gasteiger partial charge in [0.1, 0.15) is 18.4 Å². The minimum absolute atomic E-state index is 0.0129. The average molecular weight is 642 g/mol. The van der Waals surface area contributed by atoms with E-state index in [0.29, 0.717) is 0 Å². The molecule has 0 spiro atoms. The van der Waals surface area contributed by atoms with Gasteiger partial charge in [0.05, 0.1) is 10.6 Å². The number of anilines is 1. The molecular formula is C37H40FN3O4S. The number of hydrogen-bond acceptors (Lipinski definition) is 4. The molecule has 1 aliphatic rings. The molecule has 1 fully saturated rings. The first-order chi connectivity index (χ1) is 22.1. The van der Waals surface area contributed by atoms with Crippen molar-refractivity contribution in [3.05, 3.63) is 131 Å². The van der Waals surface area contributed by atoms with E-state index in [-0.39, 0.29) is 35.5 Å². The van der Waals surface area contributed by atoms with Crippen LogP contribution in [0, 0.1) is 19.7 Å². The Morgan fingerprint density at radius 1 is 0.804 bits per heavy atom. The van der Waals surface area contributed by atoms with Crippen LogP contribution in [-0.2, 0) is 32.6 Å². The molecule has 2 amide bonds. The number of benzene rings is 4. The van der Waals surface area contributed by atoms with Crippen molar-refractivity contribution in [3.8, 4) is 0 Å². The van der Waals surface area contributed by atoms with Crippen molar-refractivity contribution in [1.82, 2.24) is 10.2 Å². The molecule has 7 nitrogen and oxygen atoms in total. The monoisotopic (exact) mass is 641 g/mol. The van der Waals surface area contributed by atoms with E-state index >= 15 is 4.39 Å². The molecule has 0 radical (unpaired) electrons. The normalized spacial score (nSPS) is 14.1. The fourth-order valence-electron chi connectivity index (χ4n) is 5.82. The van der Waals surface area contributed by atoms with Crippen molar-refractivity contribution in [2.45, 2.75) is 69.5 Å². The lowest BCUT2D eigenvalue weighted by Crippen LogP contribution is -2.54. The third-order valence-corrected chi connectivity index (χ3v) is 10.2. The summed E-state index contributed by atoms with van der Waals surface area (Å²) in [4.78, 5) is 30.0. The van der Waals surface area contributed by atoms with E-state index in [9.17, 15) is 18.0 Å². The van der Waals surface area contributed by atoms with Gasteiger partial charge < -0.3 is 10.2 Å². The molecule has 46 heavy (non-hydrogen) atoms. The summed E-state index contributed by atoms with van der Waals surface area (Å²) in [5.74, 6) is -1.70. The van der Waals surface area contributed by atoms with Crippen molar-refractivity contribution in [2.24, 2.45) is 0 Å². The summed E-state index contributed by atoms with van der Waals surface area (Å²) in [6.07, 6.45) is 4.00. The number of para-hydroxylation sites is 1. The molecule has 1 N–H and O–H groups in total. The molecule has 1 atom stereocenters. The summed E-state index contributed by atoms with van der Waals surface area (Å²) in [6, 6.07) is 27.8. The van der Waals surface area contributed by atoms with Crippen molar-refractivity contribution in [3.63, 3.8) is 0 Å². The highest BCUT2D eigenvalue weighted by atomic mass is 32.2. The lowest BCUT2D eigenvalue weighted by Gasteiger charge is -2.34. The van der Waals surface area contributed by atoms with Crippen molar-refractivity contribution < 1.29 is 22.4 Å². The number of hydrogen-bond donors (Lipinski definition) is 1. The van der Waals surface area contributed by atoms with Crippen LogP contribution in [0.3, 0.4) is 0 Å². The summed E-state index contributed by atoms with van der Waals surface area (Å²) in [5.41, 5.74) is 3.28. The van der Waals surface area contributed by atoms with Crippen LogP contribution in [0.5, 0.6) is 0 Å². The maximum atomic E-state index is 15.3. The predicted octanol–water partition coefficient (Wildman–Crippen LogP) is 6.34. The van der Waals surface area contributed by atoms with Crippen LogP contribution in [-0.4, -0.2) is 43.8 Å². The highest BCUT2D eigenvalue weighted by molar-refractivity contribution is 7.92. The molecule has 4 aromatic rings. The van der Waals surface area contributed by atoms with Crippen LogP contribution in [0.1, 0.15) is 47.9 Å². The van der Waals surface area contributed by atoms with E-state index in [1.165, 1.54) is 35.2 Å². The molecule has 240 valence electrons. The maximum Gasteiger partial charge on any atom is 0.264 e. The first kappa shape index (κ1) is 32.9. The molecule has 9 heteroatoms. The number of carbonyl (C=O) groups excluding carboxylic acids is 2. The summed E-state index contributed by atoms with van der Waals surface area (Å²) in [6.45, 7) is 3.15. The van der Waals surface area contributed by atoms with Crippen molar-refractivity contribution in [2.75, 3.05) is 10.8 Å². The van der Waals surface area contributed by atoms with Crippen LogP contribution >= 0.6 is 0 Å². The molecule has 5 rings (SSSR count). The van der Waals surface area contributed by atoms with Gasteiger partial charge in [-0.2, -0.15) is 0 Å². The van der Waals surface area contributed by atoms with E-state index < -0.39 is 34.3 Å². The number of sulfonamides is 1. The van der Waals surface area contributed by atoms with Crippen LogP contribution < -0.4 is 9.62 Å². The fourth-order valence-corrected chi connectivity index (χ4v) is 7.24. The van der Waals surface area contributed by atoms with E-state index in [4.69, 9.17) is 0 Å². The molecule has 0 aromatic heterocycles. The number of halogens is 1. The minimum Gasteiger partial charge on any atom is -0.352 e. The van der Waals surface area contributed by atoms with Crippen LogP contribution in [0.25, 0.3) is 0 Å². The molecule has 1 aliphatic carbocycles. The van der Waals surface area contributed by atoms with Crippen LogP contribution in [0.4, 0.5) is 10.1 Å². The minimum atomic E-state index is -4.38. The van der Waals surface area contributed by atoms with Crippen molar-refractivity contribution >= 4 is 27.5 Å². The highest BCUT2D eigenvalue weighted by Crippen LogP contribution is 2.28. The largest absolute Gasteiger partial charge is 0.352 e. The zero-order chi connectivity index (χ0) is 32.7. The Balaban J connectivity index is 1.57. The first-order valence-corrected chi connectivity index (χ1v) is 17.1. The molecule has 0 saturated heterocycles. The van der Waals surface area contributed by atoms with E-state index in [1.54, 1.807) is 12.1 Å². The summed E-state index contributed by atoms with van der Waals surface area (Å²) >= 11 is 0. The zero-order valence-corrected chi connectivity index (χ0v) is 27.0. The topological polar surface area (TPSA) is 86.8 Å².